The first-order chi connectivity index (χ1) is 8.18. The fourth-order valence-electron chi connectivity index (χ4n) is 2.76. The van der Waals surface area contributed by atoms with Crippen molar-refractivity contribution in [3.63, 3.8) is 0 Å². The molecule has 1 fully saturated rings. The third-order valence-electron chi connectivity index (χ3n) is 3.86. The second-order valence-electron chi connectivity index (χ2n) is 5.21. The van der Waals surface area contributed by atoms with Crippen LogP contribution in [0.1, 0.15) is 36.8 Å². The molecule has 0 bridgehead atoms. The van der Waals surface area contributed by atoms with E-state index in [4.69, 9.17) is 10.5 Å². The van der Waals surface area contributed by atoms with Gasteiger partial charge in [0.1, 0.15) is 5.75 Å². The Kier molecular flexibility index (Phi) is 4.06. The molecule has 0 radical (unpaired) electrons. The monoisotopic (exact) mass is 233 g/mol. The van der Waals surface area contributed by atoms with Gasteiger partial charge in [0.05, 0.1) is 6.61 Å². The van der Waals surface area contributed by atoms with Crippen molar-refractivity contribution < 1.29 is 4.74 Å². The van der Waals surface area contributed by atoms with Crippen LogP contribution in [-0.4, -0.2) is 12.6 Å². The summed E-state index contributed by atoms with van der Waals surface area (Å²) in [5.74, 6) is 1.72. The van der Waals surface area contributed by atoms with Crippen LogP contribution in [0, 0.1) is 19.8 Å². The van der Waals surface area contributed by atoms with Crippen molar-refractivity contribution in [2.45, 2.75) is 45.6 Å². The highest BCUT2D eigenvalue weighted by Gasteiger charge is 2.23. The Morgan fingerprint density at radius 1 is 1.24 bits per heavy atom. The highest BCUT2D eigenvalue weighted by Crippen LogP contribution is 2.28. The van der Waals surface area contributed by atoms with E-state index in [-0.39, 0.29) is 0 Å². The molecular weight excluding hydrogens is 210 g/mol. The lowest BCUT2D eigenvalue weighted by atomic mass is 10.0. The Morgan fingerprint density at radius 3 is 2.53 bits per heavy atom. The van der Waals surface area contributed by atoms with Crippen LogP contribution in [0.15, 0.2) is 18.2 Å². The summed E-state index contributed by atoms with van der Waals surface area (Å²) < 4.78 is 5.92. The van der Waals surface area contributed by atoms with Crippen molar-refractivity contribution in [2.24, 2.45) is 11.7 Å². The molecule has 1 saturated carbocycles. The second kappa shape index (κ2) is 5.54. The zero-order chi connectivity index (χ0) is 12.3. The molecule has 2 rings (SSSR count). The summed E-state index contributed by atoms with van der Waals surface area (Å²) in [6.07, 6.45) is 4.84. The number of ether oxygens (including phenoxy) is 1. The lowest BCUT2D eigenvalue weighted by Crippen LogP contribution is -2.25. The van der Waals surface area contributed by atoms with Crippen molar-refractivity contribution in [3.8, 4) is 5.75 Å². The third-order valence-corrected chi connectivity index (χ3v) is 3.86. The van der Waals surface area contributed by atoms with Crippen LogP contribution in [0.2, 0.25) is 0 Å². The number of rotatable bonds is 4. The van der Waals surface area contributed by atoms with E-state index in [0.29, 0.717) is 12.0 Å². The SMILES string of the molecule is Cc1cccc(C)c1OCCC1CCCC1N. The van der Waals surface area contributed by atoms with Gasteiger partial charge in [-0.1, -0.05) is 24.6 Å². The summed E-state index contributed by atoms with van der Waals surface area (Å²) in [6, 6.07) is 6.68. The standard InChI is InChI=1S/C15H23NO/c1-11-5-3-6-12(2)15(11)17-10-9-13-7-4-8-14(13)16/h3,5-6,13-14H,4,7-10,16H2,1-2H3. The van der Waals surface area contributed by atoms with Crippen molar-refractivity contribution in [1.82, 2.24) is 0 Å². The lowest BCUT2D eigenvalue weighted by molar-refractivity contribution is 0.268. The van der Waals surface area contributed by atoms with Gasteiger partial charge in [-0.3, -0.25) is 0 Å². The Morgan fingerprint density at radius 2 is 1.94 bits per heavy atom. The van der Waals surface area contributed by atoms with E-state index in [0.717, 1.165) is 18.8 Å². The molecule has 1 aliphatic carbocycles. The minimum atomic E-state index is 0.400. The molecule has 1 aromatic carbocycles. The number of hydrogen-bond donors (Lipinski definition) is 1. The van der Waals surface area contributed by atoms with Crippen LogP contribution in [0.5, 0.6) is 5.75 Å². The highest BCUT2D eigenvalue weighted by atomic mass is 16.5. The largest absolute Gasteiger partial charge is 0.493 e. The Balaban J connectivity index is 1.86. The van der Waals surface area contributed by atoms with Crippen LogP contribution in [0.4, 0.5) is 0 Å². The predicted octanol–water partition coefficient (Wildman–Crippen LogP) is 3.20. The van der Waals surface area contributed by atoms with Gasteiger partial charge < -0.3 is 10.5 Å². The Labute approximate surface area is 104 Å². The maximum absolute atomic E-state index is 6.06. The van der Waals surface area contributed by atoms with Crippen molar-refractivity contribution >= 4 is 0 Å². The molecular formula is C15H23NO. The van der Waals surface area contributed by atoms with Crippen LogP contribution < -0.4 is 10.5 Å². The molecule has 1 aromatic rings. The van der Waals surface area contributed by atoms with Gasteiger partial charge in [-0.05, 0) is 50.2 Å². The van der Waals surface area contributed by atoms with E-state index in [9.17, 15) is 0 Å². The summed E-state index contributed by atoms with van der Waals surface area (Å²) in [5.41, 5.74) is 8.51. The maximum atomic E-state index is 6.06. The van der Waals surface area contributed by atoms with Crippen LogP contribution >= 0.6 is 0 Å². The maximum Gasteiger partial charge on any atom is 0.125 e. The van der Waals surface area contributed by atoms with Crippen molar-refractivity contribution in [1.29, 1.82) is 0 Å². The quantitative estimate of drug-likeness (QED) is 0.866. The molecule has 2 heteroatoms. The van der Waals surface area contributed by atoms with Gasteiger partial charge in [0.15, 0.2) is 0 Å². The molecule has 2 nitrogen and oxygen atoms in total. The third kappa shape index (κ3) is 3.01. The van der Waals surface area contributed by atoms with Gasteiger partial charge in [-0.2, -0.15) is 0 Å². The van der Waals surface area contributed by atoms with Crippen LogP contribution in [0.3, 0.4) is 0 Å². The van der Waals surface area contributed by atoms with Crippen LogP contribution in [-0.2, 0) is 0 Å². The van der Waals surface area contributed by atoms with Gasteiger partial charge in [0, 0.05) is 6.04 Å². The molecule has 94 valence electrons. The zero-order valence-electron chi connectivity index (χ0n) is 10.9. The molecule has 1 aliphatic rings. The number of benzene rings is 1. The molecule has 0 amide bonds. The molecule has 0 aromatic heterocycles. The average Bonchev–Trinajstić information content (AvgIpc) is 2.69. The second-order valence-corrected chi connectivity index (χ2v) is 5.21. The molecule has 2 atom stereocenters. The summed E-state index contributed by atoms with van der Waals surface area (Å²) in [5, 5.41) is 0. The smallest absolute Gasteiger partial charge is 0.125 e. The van der Waals surface area contributed by atoms with Gasteiger partial charge in [0.2, 0.25) is 0 Å². The van der Waals surface area contributed by atoms with E-state index in [1.807, 2.05) is 0 Å². The predicted molar refractivity (Wildman–Crippen MR) is 71.3 cm³/mol. The highest BCUT2D eigenvalue weighted by molar-refractivity contribution is 5.39. The van der Waals surface area contributed by atoms with Crippen molar-refractivity contribution in [2.75, 3.05) is 6.61 Å². The number of nitrogens with two attached hydrogens (primary N) is 1. The molecule has 0 heterocycles. The summed E-state index contributed by atoms with van der Waals surface area (Å²) in [6.45, 7) is 5.00. The van der Waals surface area contributed by atoms with Crippen LogP contribution in [0.25, 0.3) is 0 Å². The van der Waals surface area contributed by atoms with E-state index >= 15 is 0 Å². The van der Waals surface area contributed by atoms with Gasteiger partial charge >= 0.3 is 0 Å². The van der Waals surface area contributed by atoms with Gasteiger partial charge in [-0.25, -0.2) is 0 Å². The Bertz CT molecular complexity index is 355. The van der Waals surface area contributed by atoms with Gasteiger partial charge in [0.25, 0.3) is 0 Å². The lowest BCUT2D eigenvalue weighted by Gasteiger charge is -2.17. The van der Waals surface area contributed by atoms with E-state index in [1.165, 1.54) is 30.4 Å². The molecule has 2 N–H and O–H groups in total. The first kappa shape index (κ1) is 12.4. The Hall–Kier alpha value is -1.02. The van der Waals surface area contributed by atoms with E-state index < -0.39 is 0 Å². The first-order valence-electron chi connectivity index (χ1n) is 6.63. The zero-order valence-corrected chi connectivity index (χ0v) is 10.9. The first-order valence-corrected chi connectivity index (χ1v) is 6.63. The van der Waals surface area contributed by atoms with Crippen molar-refractivity contribution in [3.05, 3.63) is 29.3 Å². The molecule has 2 unspecified atom stereocenters. The number of aryl methyl sites for hydroxylation is 2. The summed E-state index contributed by atoms with van der Waals surface area (Å²) in [7, 11) is 0. The fraction of sp³-hybridized carbons (Fsp3) is 0.600. The summed E-state index contributed by atoms with van der Waals surface area (Å²) in [4.78, 5) is 0. The van der Waals surface area contributed by atoms with E-state index in [1.54, 1.807) is 0 Å². The summed E-state index contributed by atoms with van der Waals surface area (Å²) >= 11 is 0. The molecule has 0 aliphatic heterocycles. The fourth-order valence-corrected chi connectivity index (χ4v) is 2.76. The molecule has 0 spiro atoms. The van der Waals surface area contributed by atoms with E-state index in [2.05, 4.69) is 32.0 Å². The molecule has 0 saturated heterocycles. The minimum Gasteiger partial charge on any atom is -0.493 e. The average molecular weight is 233 g/mol. The van der Waals surface area contributed by atoms with Gasteiger partial charge in [-0.15, -0.1) is 0 Å². The normalized spacial score (nSPS) is 23.9. The molecule has 17 heavy (non-hydrogen) atoms. The topological polar surface area (TPSA) is 35.2 Å². The number of hydrogen-bond acceptors (Lipinski definition) is 2. The number of para-hydroxylation sites is 1. The minimum absolute atomic E-state index is 0.400.